The lowest BCUT2D eigenvalue weighted by Gasteiger charge is -2.01. The summed E-state index contributed by atoms with van der Waals surface area (Å²) in [5.41, 5.74) is 1.06. The molecule has 0 aliphatic rings. The minimum Gasteiger partial charge on any atom is -0.135 e. The second kappa shape index (κ2) is 6.46. The van der Waals surface area contributed by atoms with Gasteiger partial charge >= 0.3 is 0 Å². The third-order valence-electron chi connectivity index (χ3n) is 5.37. The Morgan fingerprint density at radius 2 is 1.28 bits per heavy atom. The molecule has 0 aliphatic heterocycles. The first-order valence-electron chi connectivity index (χ1n) is 9.60. The molecule has 4 aromatic carbocycles. The Hall–Kier alpha value is -3.12. The van der Waals surface area contributed by atoms with Crippen molar-refractivity contribution >= 4 is 64.4 Å². The minimum atomic E-state index is 1.06. The van der Waals surface area contributed by atoms with E-state index < -0.39 is 0 Å². The van der Waals surface area contributed by atoms with Crippen LogP contribution in [0.2, 0.25) is 0 Å². The van der Waals surface area contributed by atoms with Gasteiger partial charge in [-0.1, -0.05) is 42.2 Å². The Balaban J connectivity index is 1.54. The molecule has 0 nitrogen and oxygen atoms in total. The van der Waals surface area contributed by atoms with Crippen molar-refractivity contribution in [1.82, 2.24) is 0 Å². The summed E-state index contributed by atoms with van der Waals surface area (Å²) in [6.07, 6.45) is 0. The van der Waals surface area contributed by atoms with Gasteiger partial charge in [-0.2, -0.15) is 0 Å². The molecule has 0 aliphatic carbocycles. The van der Waals surface area contributed by atoms with E-state index in [2.05, 4.69) is 97.6 Å². The zero-order valence-electron chi connectivity index (χ0n) is 15.8. The van der Waals surface area contributed by atoms with Crippen LogP contribution in [0.3, 0.4) is 0 Å². The van der Waals surface area contributed by atoms with Crippen molar-refractivity contribution in [1.29, 1.82) is 0 Å². The van der Waals surface area contributed by atoms with Crippen LogP contribution in [0, 0.1) is 18.8 Å². The Kier molecular flexibility index (Phi) is 3.74. The fraction of sp³-hybridized carbons (Fsp3) is 0.0370. The Bertz CT molecular complexity index is 1620. The first-order chi connectivity index (χ1) is 14.2. The summed E-state index contributed by atoms with van der Waals surface area (Å²) in [6.45, 7) is 2.12. The first-order valence-corrected chi connectivity index (χ1v) is 11.2. The van der Waals surface area contributed by atoms with Gasteiger partial charge in [0.15, 0.2) is 0 Å². The molecule has 29 heavy (non-hydrogen) atoms. The highest BCUT2D eigenvalue weighted by Gasteiger charge is 2.08. The monoisotopic (exact) mass is 404 g/mol. The number of fused-ring (bicyclic) bond motifs is 5. The second-order valence-corrected chi connectivity index (χ2v) is 9.74. The van der Waals surface area contributed by atoms with Gasteiger partial charge in [-0.3, -0.25) is 0 Å². The highest BCUT2D eigenvalue weighted by atomic mass is 32.1. The first kappa shape index (κ1) is 16.8. The van der Waals surface area contributed by atoms with E-state index >= 15 is 0 Å². The van der Waals surface area contributed by atoms with Crippen molar-refractivity contribution in [2.24, 2.45) is 0 Å². The maximum atomic E-state index is 3.33. The van der Waals surface area contributed by atoms with Crippen LogP contribution in [0.4, 0.5) is 0 Å². The molecule has 6 aromatic rings. The lowest BCUT2D eigenvalue weighted by molar-refractivity contribution is 1.64. The molecule has 0 saturated carbocycles. The van der Waals surface area contributed by atoms with E-state index in [1.54, 1.807) is 11.3 Å². The molecule has 0 unspecified atom stereocenters. The Morgan fingerprint density at radius 1 is 0.586 bits per heavy atom. The topological polar surface area (TPSA) is 0 Å². The standard InChI is InChI=1S/C27H16S2/c1-17-6-10-23(28-17)11-8-18-7-9-21-16-27-25(14-22(21)12-18)24-13-19-4-2-3-5-20(19)15-26(24)29-27/h2-7,9-10,12-16H,1H3. The fourth-order valence-corrected chi connectivity index (χ4v) is 5.81. The van der Waals surface area contributed by atoms with Crippen LogP contribution < -0.4 is 0 Å². The van der Waals surface area contributed by atoms with Crippen LogP contribution in [0.5, 0.6) is 0 Å². The largest absolute Gasteiger partial charge is 0.135 e. The van der Waals surface area contributed by atoms with Crippen molar-refractivity contribution in [3.63, 3.8) is 0 Å². The van der Waals surface area contributed by atoms with Crippen LogP contribution in [-0.2, 0) is 0 Å². The smallest absolute Gasteiger partial charge is 0.0775 e. The van der Waals surface area contributed by atoms with Crippen molar-refractivity contribution in [3.05, 3.63) is 94.2 Å². The molecule has 0 saturated heterocycles. The molecule has 0 amide bonds. The van der Waals surface area contributed by atoms with E-state index in [1.807, 2.05) is 11.3 Å². The van der Waals surface area contributed by atoms with Gasteiger partial charge in [0, 0.05) is 30.6 Å². The molecule has 0 atom stereocenters. The lowest BCUT2D eigenvalue weighted by atomic mass is 10.0. The molecular formula is C27H16S2. The third-order valence-corrected chi connectivity index (χ3v) is 7.40. The van der Waals surface area contributed by atoms with E-state index in [0.717, 1.165) is 10.4 Å². The number of benzene rings is 4. The average molecular weight is 405 g/mol. The summed E-state index contributed by atoms with van der Waals surface area (Å²) in [5, 5.41) is 7.80. The maximum absolute atomic E-state index is 3.33. The van der Waals surface area contributed by atoms with Crippen LogP contribution >= 0.6 is 22.7 Å². The summed E-state index contributed by atoms with van der Waals surface area (Å²) >= 11 is 3.62. The minimum absolute atomic E-state index is 1.06. The van der Waals surface area contributed by atoms with Gasteiger partial charge in [-0.05, 0) is 77.0 Å². The fourth-order valence-electron chi connectivity index (χ4n) is 3.92. The van der Waals surface area contributed by atoms with Gasteiger partial charge in [-0.15, -0.1) is 22.7 Å². The zero-order valence-corrected chi connectivity index (χ0v) is 17.5. The number of hydrogen-bond donors (Lipinski definition) is 0. The Morgan fingerprint density at radius 3 is 2.00 bits per heavy atom. The van der Waals surface area contributed by atoms with Gasteiger partial charge in [0.05, 0.1) is 4.88 Å². The number of hydrogen-bond acceptors (Lipinski definition) is 2. The lowest BCUT2D eigenvalue weighted by Crippen LogP contribution is -1.78. The number of thiophene rings is 2. The second-order valence-electron chi connectivity index (χ2n) is 7.37. The molecule has 6 rings (SSSR count). The van der Waals surface area contributed by atoms with E-state index in [9.17, 15) is 0 Å². The summed E-state index contributed by atoms with van der Waals surface area (Å²) in [4.78, 5) is 2.42. The molecule has 0 radical (unpaired) electrons. The van der Waals surface area contributed by atoms with Crippen LogP contribution in [0.15, 0.2) is 78.9 Å². The van der Waals surface area contributed by atoms with E-state index in [0.29, 0.717) is 0 Å². The molecule has 0 N–H and O–H groups in total. The van der Waals surface area contributed by atoms with Crippen LogP contribution in [0.25, 0.3) is 41.7 Å². The highest BCUT2D eigenvalue weighted by Crippen LogP contribution is 2.38. The highest BCUT2D eigenvalue weighted by molar-refractivity contribution is 7.26. The van der Waals surface area contributed by atoms with Gasteiger partial charge in [0.1, 0.15) is 0 Å². The normalized spacial score (nSPS) is 11.3. The third kappa shape index (κ3) is 2.91. The van der Waals surface area contributed by atoms with Crippen molar-refractivity contribution in [2.45, 2.75) is 6.92 Å². The summed E-state index contributed by atoms with van der Waals surface area (Å²) in [6, 6.07) is 28.7. The van der Waals surface area contributed by atoms with Gasteiger partial charge in [-0.25, -0.2) is 0 Å². The summed E-state index contributed by atoms with van der Waals surface area (Å²) in [7, 11) is 0. The van der Waals surface area contributed by atoms with E-state index in [4.69, 9.17) is 0 Å². The Labute approximate surface area is 177 Å². The maximum Gasteiger partial charge on any atom is 0.0775 e. The molecule has 2 heterocycles. The molecule has 2 aromatic heterocycles. The van der Waals surface area contributed by atoms with Gasteiger partial charge in [0.25, 0.3) is 0 Å². The molecular weight excluding hydrogens is 388 g/mol. The molecule has 0 bridgehead atoms. The van der Waals surface area contributed by atoms with Crippen molar-refractivity contribution < 1.29 is 0 Å². The van der Waals surface area contributed by atoms with Gasteiger partial charge < -0.3 is 0 Å². The summed E-state index contributed by atoms with van der Waals surface area (Å²) in [5.74, 6) is 6.63. The summed E-state index contributed by atoms with van der Waals surface area (Å²) < 4.78 is 2.69. The molecule has 2 heteroatoms. The van der Waals surface area contributed by atoms with Crippen molar-refractivity contribution in [3.8, 4) is 11.8 Å². The predicted octanol–water partition coefficient (Wildman–Crippen LogP) is 8.13. The zero-order chi connectivity index (χ0) is 19.4. The average Bonchev–Trinajstić information content (AvgIpc) is 3.31. The van der Waals surface area contributed by atoms with Gasteiger partial charge in [0.2, 0.25) is 0 Å². The number of rotatable bonds is 0. The molecule has 0 fully saturated rings. The van der Waals surface area contributed by atoms with Crippen LogP contribution in [0.1, 0.15) is 15.3 Å². The molecule has 0 spiro atoms. The SMILES string of the molecule is Cc1ccc(C#Cc2ccc3cc4sc5cc6ccccc6cc5c4cc3c2)s1. The predicted molar refractivity (Wildman–Crippen MR) is 129 cm³/mol. The quantitative estimate of drug-likeness (QED) is 0.224. The van der Waals surface area contributed by atoms with Crippen LogP contribution in [-0.4, -0.2) is 0 Å². The van der Waals surface area contributed by atoms with E-state index in [-0.39, 0.29) is 0 Å². The van der Waals surface area contributed by atoms with E-state index in [1.165, 1.54) is 46.6 Å². The molecule has 136 valence electrons. The van der Waals surface area contributed by atoms with Crippen molar-refractivity contribution in [2.75, 3.05) is 0 Å². The number of aryl methyl sites for hydroxylation is 1.